The summed E-state index contributed by atoms with van der Waals surface area (Å²) in [5, 5.41) is 7.31. The van der Waals surface area contributed by atoms with E-state index in [1.54, 1.807) is 38.1 Å². The fourth-order valence-electron chi connectivity index (χ4n) is 4.42. The van der Waals surface area contributed by atoms with Crippen LogP contribution in [0.2, 0.25) is 0 Å². The van der Waals surface area contributed by atoms with E-state index in [0.717, 1.165) is 56.3 Å². The van der Waals surface area contributed by atoms with Gasteiger partial charge in [0.2, 0.25) is 0 Å². The molecule has 3 rings (SSSR count). The zero-order chi connectivity index (χ0) is 30.2. The van der Waals surface area contributed by atoms with Gasteiger partial charge in [0.05, 0.1) is 13.2 Å². The lowest BCUT2D eigenvalue weighted by Crippen LogP contribution is -2.35. The average molecular weight is 582 g/mol. The number of benzene rings is 2. The summed E-state index contributed by atoms with van der Waals surface area (Å²) in [5.74, 6) is 1.71. The summed E-state index contributed by atoms with van der Waals surface area (Å²) in [6.45, 7) is 7.93. The molecule has 11 heteroatoms. The monoisotopic (exact) mass is 581 g/mol. The first-order valence-electron chi connectivity index (χ1n) is 14.6. The number of nitrogens with zero attached hydrogens (tertiary/aromatic N) is 3. The van der Waals surface area contributed by atoms with Crippen LogP contribution in [0.4, 0.5) is 0 Å². The number of oxime groups is 2. The first-order valence-corrected chi connectivity index (χ1v) is 14.6. The van der Waals surface area contributed by atoms with Gasteiger partial charge in [0.1, 0.15) is 11.5 Å². The second kappa shape index (κ2) is 17.6. The van der Waals surface area contributed by atoms with E-state index < -0.39 is 11.9 Å². The molecule has 1 aliphatic rings. The standard InChI is InChI=1S/C31H43N5O6/c1-3-28(37)41-34-30(32)24-8-12-26(13-9-24)39-21-5-7-23-16-19-36(20-17-23)18-6-22-40-27-14-10-25(11-15-27)31(33)35-42-29(38)4-2/h8-15,23H,3-7,16-22H2,1-2H3,(H2,32,34)(H2,33,35). The van der Waals surface area contributed by atoms with Crippen molar-refractivity contribution >= 4 is 23.6 Å². The van der Waals surface area contributed by atoms with E-state index in [-0.39, 0.29) is 24.5 Å². The number of rotatable bonds is 16. The smallest absolute Gasteiger partial charge is 0.334 e. The molecule has 0 aliphatic carbocycles. The van der Waals surface area contributed by atoms with Crippen molar-refractivity contribution in [2.24, 2.45) is 27.7 Å². The summed E-state index contributed by atoms with van der Waals surface area (Å²) in [6.07, 6.45) is 6.01. The van der Waals surface area contributed by atoms with Crippen LogP contribution in [0.3, 0.4) is 0 Å². The Morgan fingerprint density at radius 3 is 1.67 bits per heavy atom. The Balaban J connectivity index is 1.24. The largest absolute Gasteiger partial charge is 0.494 e. The molecule has 1 heterocycles. The van der Waals surface area contributed by atoms with Crippen molar-refractivity contribution in [1.82, 2.24) is 4.90 Å². The van der Waals surface area contributed by atoms with Gasteiger partial charge in [0.25, 0.3) is 0 Å². The number of hydrogen-bond acceptors (Lipinski definition) is 9. The quantitative estimate of drug-likeness (QED) is 0.0978. The van der Waals surface area contributed by atoms with E-state index in [0.29, 0.717) is 24.3 Å². The van der Waals surface area contributed by atoms with Crippen molar-refractivity contribution in [3.63, 3.8) is 0 Å². The Bertz CT molecular complexity index is 1080. The summed E-state index contributed by atoms with van der Waals surface area (Å²) >= 11 is 0. The molecule has 2 aromatic rings. The van der Waals surface area contributed by atoms with Crippen LogP contribution in [-0.4, -0.2) is 61.4 Å². The predicted molar refractivity (Wildman–Crippen MR) is 161 cm³/mol. The van der Waals surface area contributed by atoms with Gasteiger partial charge < -0.3 is 35.5 Å². The van der Waals surface area contributed by atoms with E-state index in [1.807, 2.05) is 24.3 Å². The zero-order valence-corrected chi connectivity index (χ0v) is 24.6. The summed E-state index contributed by atoms with van der Waals surface area (Å²) in [5.41, 5.74) is 13.0. The number of amidine groups is 2. The van der Waals surface area contributed by atoms with Gasteiger partial charge in [-0.1, -0.05) is 24.2 Å². The molecule has 0 amide bonds. The molecule has 2 aromatic carbocycles. The van der Waals surface area contributed by atoms with Gasteiger partial charge in [-0.2, -0.15) is 0 Å². The van der Waals surface area contributed by atoms with Gasteiger partial charge in [0.15, 0.2) is 11.7 Å². The van der Waals surface area contributed by atoms with E-state index in [4.69, 9.17) is 30.6 Å². The lowest BCUT2D eigenvalue weighted by atomic mass is 9.92. The predicted octanol–water partition coefficient (Wildman–Crippen LogP) is 4.17. The molecule has 0 bridgehead atoms. The highest BCUT2D eigenvalue weighted by Crippen LogP contribution is 2.22. The third-order valence-corrected chi connectivity index (χ3v) is 6.99. The van der Waals surface area contributed by atoms with E-state index >= 15 is 0 Å². The second-order valence-electron chi connectivity index (χ2n) is 10.1. The number of carbonyl (C=O) groups excluding carboxylic acids is 2. The first kappa shape index (κ1) is 32.4. The van der Waals surface area contributed by atoms with Crippen LogP contribution in [0.25, 0.3) is 0 Å². The van der Waals surface area contributed by atoms with Crippen molar-refractivity contribution < 1.29 is 28.7 Å². The molecule has 11 nitrogen and oxygen atoms in total. The molecule has 4 N–H and O–H groups in total. The van der Waals surface area contributed by atoms with Crippen LogP contribution in [0.1, 0.15) is 69.9 Å². The zero-order valence-electron chi connectivity index (χ0n) is 24.6. The topological polar surface area (TPSA) is 151 Å². The lowest BCUT2D eigenvalue weighted by molar-refractivity contribution is -0.144. The average Bonchev–Trinajstić information content (AvgIpc) is 3.03. The molecular formula is C31H43N5O6. The molecule has 0 unspecified atom stereocenters. The summed E-state index contributed by atoms with van der Waals surface area (Å²) < 4.78 is 11.8. The van der Waals surface area contributed by atoms with Gasteiger partial charge in [-0.3, -0.25) is 0 Å². The maximum absolute atomic E-state index is 11.2. The maximum Gasteiger partial charge on any atom is 0.334 e. The third kappa shape index (κ3) is 11.4. The molecule has 0 spiro atoms. The van der Waals surface area contributed by atoms with Crippen LogP contribution in [-0.2, 0) is 19.3 Å². The van der Waals surface area contributed by atoms with Gasteiger partial charge in [0, 0.05) is 30.5 Å². The highest BCUT2D eigenvalue weighted by atomic mass is 16.7. The number of nitrogens with two attached hydrogens (primary N) is 2. The fraction of sp³-hybridized carbons (Fsp3) is 0.484. The van der Waals surface area contributed by atoms with E-state index in [9.17, 15) is 9.59 Å². The molecule has 0 aromatic heterocycles. The van der Waals surface area contributed by atoms with E-state index in [2.05, 4.69) is 15.2 Å². The number of likely N-dealkylation sites (tertiary alicyclic amines) is 1. The molecule has 0 atom stereocenters. The second-order valence-corrected chi connectivity index (χ2v) is 10.1. The lowest BCUT2D eigenvalue weighted by Gasteiger charge is -2.32. The molecule has 228 valence electrons. The minimum atomic E-state index is -0.430. The SMILES string of the molecule is CCC(=O)ON=C(N)c1ccc(OCCCC2CCN(CCCOc3ccc(C(N)=NOC(=O)CC)cc3)CC2)cc1. The molecule has 1 aliphatic heterocycles. The molecule has 0 radical (unpaired) electrons. The van der Waals surface area contributed by atoms with Gasteiger partial charge >= 0.3 is 11.9 Å². The highest BCUT2D eigenvalue weighted by Gasteiger charge is 2.18. The molecule has 1 saturated heterocycles. The Kier molecular flexibility index (Phi) is 13.6. The van der Waals surface area contributed by atoms with Crippen molar-refractivity contribution in [3.05, 3.63) is 59.7 Å². The number of piperidine rings is 1. The van der Waals surface area contributed by atoms with Crippen LogP contribution < -0.4 is 20.9 Å². The number of hydrogen-bond donors (Lipinski definition) is 2. The summed E-state index contributed by atoms with van der Waals surface area (Å²) in [7, 11) is 0. The van der Waals surface area contributed by atoms with Crippen LogP contribution in [0.5, 0.6) is 11.5 Å². The minimum absolute atomic E-state index is 0.150. The summed E-state index contributed by atoms with van der Waals surface area (Å²) in [4.78, 5) is 34.3. The first-order chi connectivity index (χ1) is 20.4. The minimum Gasteiger partial charge on any atom is -0.494 e. The number of carbonyl (C=O) groups is 2. The Morgan fingerprint density at radius 2 is 1.21 bits per heavy atom. The van der Waals surface area contributed by atoms with E-state index in [1.165, 1.54) is 12.8 Å². The van der Waals surface area contributed by atoms with Crippen molar-refractivity contribution in [3.8, 4) is 11.5 Å². The van der Waals surface area contributed by atoms with Gasteiger partial charge in [-0.25, -0.2) is 9.59 Å². The molecule has 0 saturated carbocycles. The maximum atomic E-state index is 11.2. The Labute approximate surface area is 247 Å². The third-order valence-electron chi connectivity index (χ3n) is 6.99. The van der Waals surface area contributed by atoms with Crippen molar-refractivity contribution in [2.75, 3.05) is 32.8 Å². The normalized spacial score (nSPS) is 14.8. The van der Waals surface area contributed by atoms with Gasteiger partial charge in [-0.05, 0) is 99.6 Å². The Hall–Kier alpha value is -4.12. The molecule has 1 fully saturated rings. The molecule has 42 heavy (non-hydrogen) atoms. The van der Waals surface area contributed by atoms with Crippen molar-refractivity contribution in [2.45, 2.75) is 58.8 Å². The molecular weight excluding hydrogens is 538 g/mol. The van der Waals surface area contributed by atoms with Crippen LogP contribution >= 0.6 is 0 Å². The van der Waals surface area contributed by atoms with Crippen LogP contribution in [0.15, 0.2) is 58.8 Å². The summed E-state index contributed by atoms with van der Waals surface area (Å²) in [6, 6.07) is 14.5. The number of ether oxygens (including phenoxy) is 2. The highest BCUT2D eigenvalue weighted by molar-refractivity contribution is 5.98. The van der Waals surface area contributed by atoms with Crippen LogP contribution in [0, 0.1) is 5.92 Å². The van der Waals surface area contributed by atoms with Crippen molar-refractivity contribution in [1.29, 1.82) is 0 Å². The fourth-order valence-corrected chi connectivity index (χ4v) is 4.42. The Morgan fingerprint density at radius 1 is 0.762 bits per heavy atom. The van der Waals surface area contributed by atoms with Gasteiger partial charge in [-0.15, -0.1) is 0 Å².